The second-order valence-corrected chi connectivity index (χ2v) is 5.03. The SMILES string of the molecule is CCOc1cccnc1NCc1ccc(C(C)C)cc1. The van der Waals surface area contributed by atoms with Gasteiger partial charge < -0.3 is 10.1 Å². The lowest BCUT2D eigenvalue weighted by Crippen LogP contribution is -2.04. The second-order valence-electron chi connectivity index (χ2n) is 5.03. The van der Waals surface area contributed by atoms with Crippen molar-refractivity contribution in [3.8, 4) is 5.75 Å². The number of hydrogen-bond donors (Lipinski definition) is 1. The van der Waals surface area contributed by atoms with Gasteiger partial charge in [0.15, 0.2) is 11.6 Å². The number of nitrogens with zero attached hydrogens (tertiary/aromatic N) is 1. The molecule has 1 aromatic carbocycles. The molecule has 3 heteroatoms. The van der Waals surface area contributed by atoms with Gasteiger partial charge in [0.05, 0.1) is 6.61 Å². The van der Waals surface area contributed by atoms with Gasteiger partial charge in [-0.3, -0.25) is 0 Å². The maximum atomic E-state index is 5.55. The zero-order valence-electron chi connectivity index (χ0n) is 12.4. The van der Waals surface area contributed by atoms with Crippen LogP contribution >= 0.6 is 0 Å². The number of nitrogens with one attached hydrogen (secondary N) is 1. The van der Waals surface area contributed by atoms with Gasteiger partial charge in [-0.05, 0) is 36.1 Å². The van der Waals surface area contributed by atoms with Crippen LogP contribution in [-0.2, 0) is 6.54 Å². The van der Waals surface area contributed by atoms with E-state index in [1.807, 2.05) is 19.1 Å². The van der Waals surface area contributed by atoms with E-state index < -0.39 is 0 Å². The maximum Gasteiger partial charge on any atom is 0.169 e. The summed E-state index contributed by atoms with van der Waals surface area (Å²) in [5.74, 6) is 2.16. The fourth-order valence-electron chi connectivity index (χ4n) is 2.00. The predicted molar refractivity (Wildman–Crippen MR) is 83.3 cm³/mol. The quantitative estimate of drug-likeness (QED) is 0.853. The van der Waals surface area contributed by atoms with Gasteiger partial charge in [0.1, 0.15) is 0 Å². The van der Waals surface area contributed by atoms with E-state index in [1.54, 1.807) is 6.20 Å². The van der Waals surface area contributed by atoms with Crippen LogP contribution in [0.1, 0.15) is 37.8 Å². The third-order valence-corrected chi connectivity index (χ3v) is 3.18. The summed E-state index contributed by atoms with van der Waals surface area (Å²) in [6.07, 6.45) is 1.77. The number of anilines is 1. The molecule has 0 unspecified atom stereocenters. The van der Waals surface area contributed by atoms with Crippen molar-refractivity contribution in [1.82, 2.24) is 4.98 Å². The molecule has 3 nitrogen and oxygen atoms in total. The van der Waals surface area contributed by atoms with Crippen molar-refractivity contribution in [1.29, 1.82) is 0 Å². The summed E-state index contributed by atoms with van der Waals surface area (Å²) in [6.45, 7) is 7.77. The molecule has 2 rings (SSSR count). The van der Waals surface area contributed by atoms with Gasteiger partial charge >= 0.3 is 0 Å². The van der Waals surface area contributed by atoms with Crippen LogP contribution in [0.4, 0.5) is 5.82 Å². The molecule has 0 amide bonds. The molecule has 0 aliphatic rings. The van der Waals surface area contributed by atoms with Crippen molar-refractivity contribution in [2.75, 3.05) is 11.9 Å². The maximum absolute atomic E-state index is 5.55. The Kier molecular flexibility index (Phi) is 4.99. The number of pyridine rings is 1. The second kappa shape index (κ2) is 6.94. The molecule has 20 heavy (non-hydrogen) atoms. The molecule has 0 aliphatic heterocycles. The Bertz CT molecular complexity index is 535. The van der Waals surface area contributed by atoms with Crippen molar-refractivity contribution in [2.24, 2.45) is 0 Å². The fourth-order valence-corrected chi connectivity index (χ4v) is 2.00. The number of aromatic nitrogens is 1. The highest BCUT2D eigenvalue weighted by Gasteiger charge is 2.04. The van der Waals surface area contributed by atoms with E-state index in [0.29, 0.717) is 12.5 Å². The monoisotopic (exact) mass is 270 g/mol. The summed E-state index contributed by atoms with van der Waals surface area (Å²) in [5, 5.41) is 3.33. The van der Waals surface area contributed by atoms with E-state index in [1.165, 1.54) is 11.1 Å². The molecular formula is C17H22N2O. The van der Waals surface area contributed by atoms with E-state index in [0.717, 1.165) is 18.1 Å². The molecule has 1 heterocycles. The molecule has 0 saturated carbocycles. The van der Waals surface area contributed by atoms with Crippen LogP contribution in [0, 0.1) is 0 Å². The van der Waals surface area contributed by atoms with Crippen LogP contribution < -0.4 is 10.1 Å². The van der Waals surface area contributed by atoms with Crippen LogP contribution in [0.15, 0.2) is 42.6 Å². The van der Waals surface area contributed by atoms with Crippen molar-refractivity contribution in [2.45, 2.75) is 33.2 Å². The first-order valence-electron chi connectivity index (χ1n) is 7.11. The lowest BCUT2D eigenvalue weighted by Gasteiger charge is -2.11. The van der Waals surface area contributed by atoms with Crippen molar-refractivity contribution >= 4 is 5.82 Å². The Balaban J connectivity index is 2.01. The first kappa shape index (κ1) is 14.4. The van der Waals surface area contributed by atoms with Gasteiger partial charge in [0.2, 0.25) is 0 Å². The largest absolute Gasteiger partial charge is 0.490 e. The van der Waals surface area contributed by atoms with E-state index in [4.69, 9.17) is 4.74 Å². The Hall–Kier alpha value is -2.03. The zero-order chi connectivity index (χ0) is 14.4. The first-order valence-corrected chi connectivity index (χ1v) is 7.11. The minimum absolute atomic E-state index is 0.567. The van der Waals surface area contributed by atoms with Gasteiger partial charge in [-0.1, -0.05) is 38.1 Å². The van der Waals surface area contributed by atoms with E-state index in [-0.39, 0.29) is 0 Å². The van der Waals surface area contributed by atoms with E-state index in [2.05, 4.69) is 48.4 Å². The molecule has 0 spiro atoms. The lowest BCUT2D eigenvalue weighted by atomic mass is 10.0. The molecule has 0 atom stereocenters. The Labute approximate surface area is 121 Å². The van der Waals surface area contributed by atoms with E-state index in [9.17, 15) is 0 Å². The lowest BCUT2D eigenvalue weighted by molar-refractivity contribution is 0.340. The van der Waals surface area contributed by atoms with Crippen molar-refractivity contribution in [3.05, 3.63) is 53.7 Å². The summed E-state index contributed by atoms with van der Waals surface area (Å²) in [7, 11) is 0. The van der Waals surface area contributed by atoms with Gasteiger partial charge in [0, 0.05) is 12.7 Å². The van der Waals surface area contributed by atoms with Gasteiger partial charge in [0.25, 0.3) is 0 Å². The molecule has 0 aliphatic carbocycles. The third kappa shape index (κ3) is 3.73. The first-order chi connectivity index (χ1) is 9.70. The molecular weight excluding hydrogens is 248 g/mol. The minimum atomic E-state index is 0.567. The summed E-state index contributed by atoms with van der Waals surface area (Å²) >= 11 is 0. The number of rotatable bonds is 6. The van der Waals surface area contributed by atoms with Crippen LogP contribution in [0.2, 0.25) is 0 Å². The van der Waals surface area contributed by atoms with E-state index >= 15 is 0 Å². The summed E-state index contributed by atoms with van der Waals surface area (Å²) in [5.41, 5.74) is 2.60. The normalized spacial score (nSPS) is 10.6. The molecule has 0 bridgehead atoms. The number of benzene rings is 1. The highest BCUT2D eigenvalue weighted by atomic mass is 16.5. The zero-order valence-corrected chi connectivity index (χ0v) is 12.4. The number of ether oxygens (including phenoxy) is 1. The standard InChI is InChI=1S/C17H22N2O/c1-4-20-16-6-5-11-18-17(16)19-12-14-7-9-15(10-8-14)13(2)3/h5-11,13H,4,12H2,1-3H3,(H,18,19). The van der Waals surface area contributed by atoms with Crippen LogP contribution in [0.25, 0.3) is 0 Å². The Morgan fingerprint density at radius 3 is 2.55 bits per heavy atom. The van der Waals surface area contributed by atoms with Crippen molar-refractivity contribution in [3.63, 3.8) is 0 Å². The third-order valence-electron chi connectivity index (χ3n) is 3.18. The smallest absolute Gasteiger partial charge is 0.169 e. The van der Waals surface area contributed by atoms with Gasteiger partial charge in [-0.25, -0.2) is 4.98 Å². The number of hydrogen-bond acceptors (Lipinski definition) is 3. The molecule has 0 saturated heterocycles. The predicted octanol–water partition coefficient (Wildman–Crippen LogP) is 4.22. The highest BCUT2D eigenvalue weighted by Crippen LogP contribution is 2.22. The van der Waals surface area contributed by atoms with Crippen LogP contribution in [0.5, 0.6) is 5.75 Å². The van der Waals surface area contributed by atoms with Crippen molar-refractivity contribution < 1.29 is 4.74 Å². The van der Waals surface area contributed by atoms with Gasteiger partial charge in [-0.15, -0.1) is 0 Å². The molecule has 1 aromatic heterocycles. The minimum Gasteiger partial charge on any atom is -0.490 e. The Morgan fingerprint density at radius 2 is 1.90 bits per heavy atom. The average Bonchev–Trinajstić information content (AvgIpc) is 2.47. The van der Waals surface area contributed by atoms with Crippen LogP contribution in [0.3, 0.4) is 0 Å². The fraction of sp³-hybridized carbons (Fsp3) is 0.353. The highest BCUT2D eigenvalue weighted by molar-refractivity contribution is 5.49. The summed E-state index contributed by atoms with van der Waals surface area (Å²) in [4.78, 5) is 4.32. The summed E-state index contributed by atoms with van der Waals surface area (Å²) < 4.78 is 5.55. The molecule has 0 radical (unpaired) electrons. The molecule has 106 valence electrons. The van der Waals surface area contributed by atoms with Gasteiger partial charge in [-0.2, -0.15) is 0 Å². The molecule has 0 fully saturated rings. The average molecular weight is 270 g/mol. The topological polar surface area (TPSA) is 34.1 Å². The molecule has 1 N–H and O–H groups in total. The van der Waals surface area contributed by atoms with Crippen LogP contribution in [-0.4, -0.2) is 11.6 Å². The Morgan fingerprint density at radius 1 is 1.15 bits per heavy atom. The molecule has 2 aromatic rings. The summed E-state index contributed by atoms with van der Waals surface area (Å²) in [6, 6.07) is 12.5.